The van der Waals surface area contributed by atoms with Gasteiger partial charge in [-0.25, -0.2) is 0 Å². The van der Waals surface area contributed by atoms with Gasteiger partial charge in [0.2, 0.25) is 5.91 Å². The second kappa shape index (κ2) is 8.15. The van der Waals surface area contributed by atoms with Gasteiger partial charge in [0.05, 0.1) is 6.54 Å². The van der Waals surface area contributed by atoms with Gasteiger partial charge in [-0.05, 0) is 50.3 Å². The average Bonchev–Trinajstić information content (AvgIpc) is 3.23. The molecule has 24 heavy (non-hydrogen) atoms. The summed E-state index contributed by atoms with van der Waals surface area (Å²) in [5, 5.41) is 6.00. The van der Waals surface area contributed by atoms with Gasteiger partial charge in [0.25, 0.3) is 5.91 Å². The first kappa shape index (κ1) is 16.8. The number of carbonyl (C=O) groups excluding carboxylic acids is 2. The van der Waals surface area contributed by atoms with Crippen LogP contribution in [0, 0.1) is 5.92 Å². The van der Waals surface area contributed by atoms with Crippen molar-refractivity contribution in [3.05, 3.63) is 24.3 Å². The summed E-state index contributed by atoms with van der Waals surface area (Å²) < 4.78 is 5.57. The molecule has 1 heterocycles. The molecule has 1 saturated heterocycles. The van der Waals surface area contributed by atoms with Crippen molar-refractivity contribution in [3.63, 3.8) is 0 Å². The minimum Gasteiger partial charge on any atom is -0.484 e. The highest BCUT2D eigenvalue weighted by Crippen LogP contribution is 2.27. The van der Waals surface area contributed by atoms with Crippen LogP contribution >= 0.6 is 0 Å². The summed E-state index contributed by atoms with van der Waals surface area (Å²) in [6.45, 7) is 2.92. The van der Waals surface area contributed by atoms with E-state index >= 15 is 0 Å². The fourth-order valence-corrected chi connectivity index (χ4v) is 2.78. The highest BCUT2D eigenvalue weighted by atomic mass is 16.5. The molecular weight excluding hydrogens is 306 g/mol. The molecule has 1 aromatic carbocycles. The van der Waals surface area contributed by atoms with E-state index in [4.69, 9.17) is 4.74 Å². The Balaban J connectivity index is 1.42. The van der Waals surface area contributed by atoms with Crippen molar-refractivity contribution >= 4 is 17.5 Å². The van der Waals surface area contributed by atoms with Crippen LogP contribution in [0.5, 0.6) is 5.75 Å². The Kier molecular flexibility index (Phi) is 5.69. The number of nitrogens with one attached hydrogen (secondary N) is 2. The van der Waals surface area contributed by atoms with E-state index in [0.717, 1.165) is 38.4 Å². The van der Waals surface area contributed by atoms with Gasteiger partial charge in [0, 0.05) is 24.8 Å². The van der Waals surface area contributed by atoms with Gasteiger partial charge in [0.15, 0.2) is 6.61 Å². The zero-order valence-electron chi connectivity index (χ0n) is 13.9. The quantitative estimate of drug-likeness (QED) is 0.759. The minimum atomic E-state index is -0.0686. The molecule has 1 aromatic rings. The van der Waals surface area contributed by atoms with Gasteiger partial charge >= 0.3 is 0 Å². The third-order valence-corrected chi connectivity index (χ3v) is 4.35. The molecule has 6 nitrogen and oxygen atoms in total. The second-order valence-electron chi connectivity index (χ2n) is 6.53. The second-order valence-corrected chi connectivity index (χ2v) is 6.53. The van der Waals surface area contributed by atoms with Crippen LogP contribution in [0.15, 0.2) is 24.3 Å². The number of carbonyl (C=O) groups is 2. The predicted octanol–water partition coefficient (Wildman–Crippen LogP) is 1.63. The number of nitrogens with zero attached hydrogens (tertiary/aromatic N) is 1. The smallest absolute Gasteiger partial charge is 0.260 e. The van der Waals surface area contributed by atoms with E-state index in [2.05, 4.69) is 10.6 Å². The van der Waals surface area contributed by atoms with Gasteiger partial charge in [0.1, 0.15) is 5.75 Å². The monoisotopic (exact) mass is 331 g/mol. The molecule has 1 saturated carbocycles. The molecule has 130 valence electrons. The van der Waals surface area contributed by atoms with Crippen molar-refractivity contribution in [1.82, 2.24) is 10.2 Å². The molecule has 0 radical (unpaired) electrons. The van der Waals surface area contributed by atoms with Crippen molar-refractivity contribution in [2.75, 3.05) is 38.1 Å². The summed E-state index contributed by atoms with van der Waals surface area (Å²) in [5.74, 6) is 1.29. The van der Waals surface area contributed by atoms with Crippen LogP contribution in [0.25, 0.3) is 0 Å². The first-order chi connectivity index (χ1) is 11.7. The van der Waals surface area contributed by atoms with Crippen LogP contribution in [0.4, 0.5) is 5.69 Å². The summed E-state index contributed by atoms with van der Waals surface area (Å²) in [7, 11) is 0. The molecule has 0 bridgehead atoms. The van der Waals surface area contributed by atoms with Crippen molar-refractivity contribution < 1.29 is 14.3 Å². The highest BCUT2D eigenvalue weighted by molar-refractivity contribution is 5.92. The molecule has 0 spiro atoms. The predicted molar refractivity (Wildman–Crippen MR) is 92.0 cm³/mol. The first-order valence-corrected chi connectivity index (χ1v) is 8.72. The van der Waals surface area contributed by atoms with E-state index < -0.39 is 0 Å². The maximum Gasteiger partial charge on any atom is 0.260 e. The lowest BCUT2D eigenvalue weighted by Crippen LogP contribution is -2.32. The van der Waals surface area contributed by atoms with Crippen molar-refractivity contribution in [2.24, 2.45) is 5.92 Å². The zero-order chi connectivity index (χ0) is 16.8. The van der Waals surface area contributed by atoms with Crippen LogP contribution in [0.3, 0.4) is 0 Å². The molecule has 2 amide bonds. The van der Waals surface area contributed by atoms with E-state index in [1.807, 2.05) is 17.0 Å². The fourth-order valence-electron chi connectivity index (χ4n) is 2.78. The Labute approximate surface area is 142 Å². The molecule has 3 rings (SSSR count). The van der Waals surface area contributed by atoms with E-state index in [-0.39, 0.29) is 18.4 Å². The van der Waals surface area contributed by atoms with E-state index in [1.54, 1.807) is 12.1 Å². The standard InChI is InChI=1S/C18H25N3O3/c22-17(12-19-11-14-6-7-14)20-15-4-3-5-16(10-15)24-13-18(23)21-8-1-2-9-21/h3-5,10,14,19H,1-2,6-9,11-13H2,(H,20,22). The molecule has 2 N–H and O–H groups in total. The number of hydrogen-bond donors (Lipinski definition) is 2. The Morgan fingerprint density at radius 3 is 2.75 bits per heavy atom. The molecule has 2 fully saturated rings. The lowest BCUT2D eigenvalue weighted by Gasteiger charge is -2.15. The first-order valence-electron chi connectivity index (χ1n) is 8.72. The number of rotatable bonds is 8. The van der Waals surface area contributed by atoms with Gasteiger partial charge < -0.3 is 20.3 Å². The molecule has 6 heteroatoms. The molecular formula is C18H25N3O3. The lowest BCUT2D eigenvalue weighted by atomic mass is 10.3. The van der Waals surface area contributed by atoms with Crippen LogP contribution in [0.1, 0.15) is 25.7 Å². The van der Waals surface area contributed by atoms with Gasteiger partial charge in [-0.1, -0.05) is 6.07 Å². The summed E-state index contributed by atoms with van der Waals surface area (Å²) in [4.78, 5) is 25.7. The Hall–Kier alpha value is -2.08. The van der Waals surface area contributed by atoms with E-state index in [9.17, 15) is 9.59 Å². The van der Waals surface area contributed by atoms with E-state index in [1.165, 1.54) is 12.8 Å². The Morgan fingerprint density at radius 2 is 2.00 bits per heavy atom. The van der Waals surface area contributed by atoms with Gasteiger partial charge in [-0.15, -0.1) is 0 Å². The van der Waals surface area contributed by atoms with E-state index in [0.29, 0.717) is 18.0 Å². The average molecular weight is 331 g/mol. The van der Waals surface area contributed by atoms with Gasteiger partial charge in [-0.2, -0.15) is 0 Å². The van der Waals surface area contributed by atoms with Crippen LogP contribution in [0.2, 0.25) is 0 Å². The van der Waals surface area contributed by atoms with Gasteiger partial charge in [-0.3, -0.25) is 9.59 Å². The molecule has 1 aliphatic heterocycles. The topological polar surface area (TPSA) is 70.7 Å². The summed E-state index contributed by atoms with van der Waals surface area (Å²) in [6.07, 6.45) is 4.68. The Morgan fingerprint density at radius 1 is 1.21 bits per heavy atom. The summed E-state index contributed by atoms with van der Waals surface area (Å²) in [6, 6.07) is 7.16. The number of benzene rings is 1. The number of anilines is 1. The van der Waals surface area contributed by atoms with Crippen molar-refractivity contribution in [1.29, 1.82) is 0 Å². The number of likely N-dealkylation sites (tertiary alicyclic amines) is 1. The lowest BCUT2D eigenvalue weighted by molar-refractivity contribution is -0.132. The number of hydrogen-bond acceptors (Lipinski definition) is 4. The van der Waals surface area contributed by atoms with Crippen LogP contribution < -0.4 is 15.4 Å². The number of amides is 2. The number of ether oxygens (including phenoxy) is 1. The van der Waals surface area contributed by atoms with Crippen LogP contribution in [-0.4, -0.2) is 49.5 Å². The normalized spacial score (nSPS) is 16.9. The molecule has 0 atom stereocenters. The third kappa shape index (κ3) is 5.23. The zero-order valence-corrected chi connectivity index (χ0v) is 13.9. The SMILES string of the molecule is O=C(CNCC1CC1)Nc1cccc(OCC(=O)N2CCCC2)c1. The summed E-state index contributed by atoms with van der Waals surface area (Å²) in [5.41, 5.74) is 0.680. The van der Waals surface area contributed by atoms with Crippen molar-refractivity contribution in [2.45, 2.75) is 25.7 Å². The molecule has 0 aromatic heterocycles. The molecule has 1 aliphatic carbocycles. The fraction of sp³-hybridized carbons (Fsp3) is 0.556. The highest BCUT2D eigenvalue weighted by Gasteiger charge is 2.20. The molecule has 0 unspecified atom stereocenters. The molecule has 2 aliphatic rings. The Bertz CT molecular complexity index is 581. The minimum absolute atomic E-state index is 0.0196. The third-order valence-electron chi connectivity index (χ3n) is 4.35. The largest absolute Gasteiger partial charge is 0.484 e. The summed E-state index contributed by atoms with van der Waals surface area (Å²) >= 11 is 0. The maximum absolute atomic E-state index is 12.0. The maximum atomic E-state index is 12.0. The van der Waals surface area contributed by atoms with Crippen LogP contribution in [-0.2, 0) is 9.59 Å². The van der Waals surface area contributed by atoms with Crippen molar-refractivity contribution in [3.8, 4) is 5.75 Å².